The van der Waals surface area contributed by atoms with Crippen LogP contribution < -0.4 is 5.32 Å². The third-order valence-corrected chi connectivity index (χ3v) is 4.30. The van der Waals surface area contributed by atoms with Crippen molar-refractivity contribution in [2.45, 2.75) is 39.7 Å². The Morgan fingerprint density at radius 1 is 1.33 bits per heavy atom. The van der Waals surface area contributed by atoms with Crippen molar-refractivity contribution in [1.82, 2.24) is 5.32 Å². The van der Waals surface area contributed by atoms with Crippen LogP contribution in [0.2, 0.25) is 5.04 Å². The van der Waals surface area contributed by atoms with Crippen molar-refractivity contribution in [3.05, 3.63) is 11.4 Å². The second-order valence-electron chi connectivity index (χ2n) is 4.90. The maximum absolute atomic E-state index is 3.14. The lowest BCUT2D eigenvalue weighted by Crippen LogP contribution is -2.17. The van der Waals surface area contributed by atoms with E-state index < -0.39 is 0 Å². The molecule has 0 spiro atoms. The Hall–Kier alpha value is -0.243. The van der Waals surface area contributed by atoms with Gasteiger partial charge in [0, 0.05) is 7.05 Å². The summed E-state index contributed by atoms with van der Waals surface area (Å²) in [6.45, 7) is 11.6. The minimum atomic E-state index is -0.0962. The van der Waals surface area contributed by atoms with Crippen molar-refractivity contribution < 1.29 is 0 Å². The maximum atomic E-state index is 3.14. The highest BCUT2D eigenvalue weighted by molar-refractivity contribution is 6.48. The first-order valence-corrected chi connectivity index (χ1v) is 6.14. The molecule has 0 heterocycles. The van der Waals surface area contributed by atoms with Crippen molar-refractivity contribution in [2.24, 2.45) is 5.92 Å². The van der Waals surface area contributed by atoms with Gasteiger partial charge in [0.1, 0.15) is 0 Å². The van der Waals surface area contributed by atoms with Gasteiger partial charge >= 0.3 is 0 Å². The topological polar surface area (TPSA) is 12.0 Å². The van der Waals surface area contributed by atoms with Crippen LogP contribution in [0.15, 0.2) is 11.4 Å². The number of nitrogens with one attached hydrogen (secondary N) is 1. The van der Waals surface area contributed by atoms with Crippen LogP contribution in [0.1, 0.15) is 34.6 Å². The SMILES string of the molecule is CNC=C([SiH2]C(C)(C)C)C(C)C. The minimum absolute atomic E-state index is 0.0962. The largest absolute Gasteiger partial charge is 0.394 e. The fourth-order valence-electron chi connectivity index (χ4n) is 1.22. The van der Waals surface area contributed by atoms with Crippen LogP contribution in [0.5, 0.6) is 0 Å². The summed E-state index contributed by atoms with van der Waals surface area (Å²) in [6, 6.07) is 0. The Morgan fingerprint density at radius 2 is 1.83 bits per heavy atom. The first-order valence-electron chi connectivity index (χ1n) is 4.73. The number of hydrogen-bond acceptors (Lipinski definition) is 1. The first-order chi connectivity index (χ1) is 5.37. The van der Waals surface area contributed by atoms with Gasteiger partial charge in [-0.1, -0.05) is 39.8 Å². The summed E-state index contributed by atoms with van der Waals surface area (Å²) in [5.74, 6) is 0.711. The van der Waals surface area contributed by atoms with E-state index in [4.69, 9.17) is 0 Å². The lowest BCUT2D eigenvalue weighted by molar-refractivity contribution is 0.731. The van der Waals surface area contributed by atoms with E-state index in [-0.39, 0.29) is 9.52 Å². The van der Waals surface area contributed by atoms with E-state index in [0.717, 1.165) is 0 Å². The van der Waals surface area contributed by atoms with Crippen LogP contribution in [0.25, 0.3) is 0 Å². The summed E-state index contributed by atoms with van der Waals surface area (Å²) in [5.41, 5.74) is 0. The maximum Gasteiger partial charge on any atom is 0.0571 e. The highest BCUT2D eigenvalue weighted by Crippen LogP contribution is 2.25. The number of allylic oxidation sites excluding steroid dienone is 1. The normalized spacial score (nSPS) is 14.8. The Morgan fingerprint density at radius 3 is 2.08 bits per heavy atom. The Bertz CT molecular complexity index is 154. The predicted molar refractivity (Wildman–Crippen MR) is 60.2 cm³/mol. The van der Waals surface area contributed by atoms with E-state index in [1.165, 1.54) is 0 Å². The monoisotopic (exact) mass is 185 g/mol. The second-order valence-corrected chi connectivity index (χ2v) is 8.19. The van der Waals surface area contributed by atoms with Crippen molar-refractivity contribution in [3.63, 3.8) is 0 Å². The molecular formula is C10H23NSi. The van der Waals surface area contributed by atoms with E-state index in [2.05, 4.69) is 46.1 Å². The van der Waals surface area contributed by atoms with Gasteiger partial charge in [-0.05, 0) is 17.2 Å². The fraction of sp³-hybridized carbons (Fsp3) is 0.800. The highest BCUT2D eigenvalue weighted by atomic mass is 28.2. The molecule has 1 nitrogen and oxygen atoms in total. The number of rotatable bonds is 3. The van der Waals surface area contributed by atoms with E-state index in [9.17, 15) is 0 Å². The zero-order chi connectivity index (χ0) is 9.78. The van der Waals surface area contributed by atoms with Crippen LogP contribution in [0.4, 0.5) is 0 Å². The van der Waals surface area contributed by atoms with Gasteiger partial charge < -0.3 is 5.32 Å². The van der Waals surface area contributed by atoms with E-state index >= 15 is 0 Å². The molecule has 0 saturated carbocycles. The van der Waals surface area contributed by atoms with Crippen molar-refractivity contribution in [1.29, 1.82) is 0 Å². The molecular weight excluding hydrogens is 162 g/mol. The summed E-state index contributed by atoms with van der Waals surface area (Å²) in [6.07, 6.45) is 2.20. The molecule has 0 saturated heterocycles. The summed E-state index contributed by atoms with van der Waals surface area (Å²) >= 11 is 0. The molecule has 0 unspecified atom stereocenters. The molecule has 0 aromatic carbocycles. The quantitative estimate of drug-likeness (QED) is 0.664. The first kappa shape index (κ1) is 11.8. The summed E-state index contributed by atoms with van der Waals surface area (Å²) in [5, 5.41) is 5.32. The molecule has 72 valence electrons. The highest BCUT2D eigenvalue weighted by Gasteiger charge is 2.15. The third-order valence-electron chi connectivity index (χ3n) is 1.81. The van der Waals surface area contributed by atoms with Crippen LogP contribution in [-0.4, -0.2) is 16.6 Å². The lowest BCUT2D eigenvalue weighted by Gasteiger charge is -2.21. The van der Waals surface area contributed by atoms with E-state index in [0.29, 0.717) is 11.0 Å². The molecule has 0 aliphatic rings. The molecule has 0 fully saturated rings. The van der Waals surface area contributed by atoms with Crippen LogP contribution in [-0.2, 0) is 0 Å². The Labute approximate surface area is 79.5 Å². The van der Waals surface area contributed by atoms with Crippen LogP contribution in [0.3, 0.4) is 0 Å². The van der Waals surface area contributed by atoms with Gasteiger partial charge in [-0.2, -0.15) is 0 Å². The smallest absolute Gasteiger partial charge is 0.0571 e. The van der Waals surface area contributed by atoms with E-state index in [1.807, 2.05) is 7.05 Å². The predicted octanol–water partition coefficient (Wildman–Crippen LogP) is 2.09. The minimum Gasteiger partial charge on any atom is -0.394 e. The van der Waals surface area contributed by atoms with Crippen LogP contribution >= 0.6 is 0 Å². The number of hydrogen-bond donors (Lipinski definition) is 1. The molecule has 0 bridgehead atoms. The lowest BCUT2D eigenvalue weighted by atomic mass is 10.2. The van der Waals surface area contributed by atoms with Gasteiger partial charge in [0.25, 0.3) is 0 Å². The molecule has 2 heteroatoms. The molecule has 12 heavy (non-hydrogen) atoms. The Balaban J connectivity index is 4.25. The average molecular weight is 185 g/mol. The summed E-state index contributed by atoms with van der Waals surface area (Å²) < 4.78 is 0. The van der Waals surface area contributed by atoms with Crippen molar-refractivity contribution >= 4 is 9.52 Å². The average Bonchev–Trinajstić information content (AvgIpc) is 1.83. The standard InChI is InChI=1S/C10H23NSi/c1-8(2)9(7-11-6)12-10(3,4)5/h7-8,11H,12H2,1-6H3. The van der Waals surface area contributed by atoms with Gasteiger partial charge in [-0.3, -0.25) is 0 Å². The molecule has 1 N–H and O–H groups in total. The summed E-state index contributed by atoms with van der Waals surface area (Å²) in [4.78, 5) is 0. The third kappa shape index (κ3) is 5.41. The van der Waals surface area contributed by atoms with Crippen molar-refractivity contribution in [3.8, 4) is 0 Å². The van der Waals surface area contributed by atoms with Gasteiger partial charge in [0.15, 0.2) is 0 Å². The molecule has 0 rings (SSSR count). The zero-order valence-electron chi connectivity index (χ0n) is 9.36. The van der Waals surface area contributed by atoms with Gasteiger partial charge in [-0.15, -0.1) is 0 Å². The van der Waals surface area contributed by atoms with Gasteiger partial charge in [-0.25, -0.2) is 0 Å². The van der Waals surface area contributed by atoms with E-state index in [1.54, 1.807) is 5.20 Å². The molecule has 0 aliphatic carbocycles. The Kier molecular flexibility index (Phi) is 4.61. The molecule has 0 aliphatic heterocycles. The molecule has 0 radical (unpaired) electrons. The zero-order valence-corrected chi connectivity index (χ0v) is 10.8. The van der Waals surface area contributed by atoms with Gasteiger partial charge in [0.05, 0.1) is 9.52 Å². The van der Waals surface area contributed by atoms with Crippen molar-refractivity contribution in [2.75, 3.05) is 7.05 Å². The summed E-state index contributed by atoms with van der Waals surface area (Å²) in [7, 11) is 1.89. The molecule has 0 aromatic heterocycles. The fourth-order valence-corrected chi connectivity index (χ4v) is 3.16. The molecule has 0 amide bonds. The molecule has 0 atom stereocenters. The van der Waals surface area contributed by atoms with Crippen LogP contribution in [0, 0.1) is 5.92 Å². The van der Waals surface area contributed by atoms with Gasteiger partial charge in [0.2, 0.25) is 0 Å². The second kappa shape index (κ2) is 4.70. The molecule has 0 aromatic rings.